The van der Waals surface area contributed by atoms with Crippen molar-refractivity contribution in [3.8, 4) is 11.3 Å². The third kappa shape index (κ3) is 2.65. The fraction of sp³-hybridized carbons (Fsp3) is 0.111. The molecule has 5 N–H and O–H groups in total. The summed E-state index contributed by atoms with van der Waals surface area (Å²) in [4.78, 5) is 16.7. The van der Waals surface area contributed by atoms with Crippen molar-refractivity contribution >= 4 is 17.2 Å². The number of nitrogens with zero attached hydrogens (tertiary/aromatic N) is 3. The third-order valence-corrected chi connectivity index (χ3v) is 4.28. The molecule has 3 heterocycles. The third-order valence-electron chi connectivity index (χ3n) is 4.28. The molecule has 1 aliphatic rings. The summed E-state index contributed by atoms with van der Waals surface area (Å²) in [6.07, 6.45) is 3.40. The van der Waals surface area contributed by atoms with E-state index in [1.54, 1.807) is 17.1 Å². The number of hydrogen-bond donors (Lipinski definition) is 3. The molecule has 0 radical (unpaired) electrons. The number of ketones is 1. The van der Waals surface area contributed by atoms with Gasteiger partial charge >= 0.3 is 0 Å². The van der Waals surface area contributed by atoms with Gasteiger partial charge in [0.05, 0.1) is 35.7 Å². The lowest BCUT2D eigenvalue weighted by Crippen LogP contribution is -2.41. The van der Waals surface area contributed by atoms with Crippen LogP contribution in [0.3, 0.4) is 0 Å². The smallest absolute Gasteiger partial charge is 0.182 e. The van der Waals surface area contributed by atoms with E-state index >= 15 is 0 Å². The van der Waals surface area contributed by atoms with E-state index in [0.29, 0.717) is 23.5 Å². The number of para-hydroxylation sites is 1. The molecule has 4 rings (SSSR count). The molecule has 0 bridgehead atoms. The number of nitrogen functional groups attached to an aromatic ring is 1. The molecule has 0 aliphatic carbocycles. The van der Waals surface area contributed by atoms with Crippen molar-refractivity contribution in [2.24, 2.45) is 5.84 Å². The fourth-order valence-electron chi connectivity index (χ4n) is 3.19. The van der Waals surface area contributed by atoms with E-state index in [-0.39, 0.29) is 12.3 Å². The second-order valence-electron chi connectivity index (χ2n) is 5.97. The highest BCUT2D eigenvalue weighted by molar-refractivity contribution is 6.08. The van der Waals surface area contributed by atoms with Crippen molar-refractivity contribution in [1.29, 1.82) is 0 Å². The number of Topliss-reactive ketones (excluding diaryl/α,β-unsaturated/α-hetero) is 1. The standard InChI is InChI=1S/C18H18N6O/c19-23-10-14-16(15(25)11-23)17(22-13-4-2-1-3-5-13)18(24(14)20)12-6-8-21-9-7-12/h1-9,22H,10-11,19-20H2. The van der Waals surface area contributed by atoms with Crippen LogP contribution in [0.25, 0.3) is 11.3 Å². The molecular formula is C18H18N6O. The van der Waals surface area contributed by atoms with E-state index in [1.165, 1.54) is 5.01 Å². The Kier molecular flexibility index (Phi) is 3.72. The molecule has 7 nitrogen and oxygen atoms in total. The number of aromatic nitrogens is 2. The summed E-state index contributed by atoms with van der Waals surface area (Å²) in [6.45, 7) is 0.572. The van der Waals surface area contributed by atoms with Gasteiger partial charge in [0.1, 0.15) is 0 Å². The number of benzene rings is 1. The molecular weight excluding hydrogens is 316 g/mol. The monoisotopic (exact) mass is 334 g/mol. The van der Waals surface area contributed by atoms with Crippen molar-refractivity contribution in [2.45, 2.75) is 6.54 Å². The summed E-state index contributed by atoms with van der Waals surface area (Å²) >= 11 is 0. The van der Waals surface area contributed by atoms with Gasteiger partial charge < -0.3 is 11.2 Å². The Morgan fingerprint density at radius 1 is 1.00 bits per heavy atom. The van der Waals surface area contributed by atoms with Crippen LogP contribution in [0.4, 0.5) is 11.4 Å². The predicted octanol–water partition coefficient (Wildman–Crippen LogP) is 1.88. The number of rotatable bonds is 3. The molecule has 1 aromatic carbocycles. The first-order valence-corrected chi connectivity index (χ1v) is 7.93. The van der Waals surface area contributed by atoms with Crippen LogP contribution in [0.1, 0.15) is 16.1 Å². The zero-order chi connectivity index (χ0) is 17.4. The summed E-state index contributed by atoms with van der Waals surface area (Å²) in [7, 11) is 0. The molecule has 0 fully saturated rings. The fourth-order valence-corrected chi connectivity index (χ4v) is 3.19. The minimum Gasteiger partial charge on any atom is -0.353 e. The van der Waals surface area contributed by atoms with Gasteiger partial charge in [-0.1, -0.05) is 18.2 Å². The van der Waals surface area contributed by atoms with Crippen molar-refractivity contribution < 1.29 is 4.79 Å². The van der Waals surface area contributed by atoms with Crippen LogP contribution in [0.2, 0.25) is 0 Å². The Hall–Kier alpha value is -3.16. The Bertz CT molecular complexity index is 920. The quantitative estimate of drug-likeness (QED) is 0.632. The van der Waals surface area contributed by atoms with Crippen LogP contribution in [0, 0.1) is 0 Å². The number of pyridine rings is 1. The van der Waals surface area contributed by atoms with Gasteiger partial charge in [-0.25, -0.2) is 5.01 Å². The van der Waals surface area contributed by atoms with E-state index in [9.17, 15) is 4.79 Å². The maximum absolute atomic E-state index is 12.7. The molecule has 0 saturated heterocycles. The second kappa shape index (κ2) is 6.04. The minimum atomic E-state index is -0.0540. The van der Waals surface area contributed by atoms with E-state index in [1.807, 2.05) is 42.5 Å². The number of nitrogens with two attached hydrogens (primary N) is 2. The number of fused-ring (bicyclic) bond motifs is 1. The largest absolute Gasteiger partial charge is 0.353 e. The van der Waals surface area contributed by atoms with Gasteiger partial charge in [-0.3, -0.25) is 20.3 Å². The molecule has 2 aromatic heterocycles. The van der Waals surface area contributed by atoms with Gasteiger partial charge in [0.25, 0.3) is 0 Å². The van der Waals surface area contributed by atoms with Gasteiger partial charge in [-0.05, 0) is 24.3 Å². The zero-order valence-electron chi connectivity index (χ0n) is 13.5. The summed E-state index contributed by atoms with van der Waals surface area (Å²) in [6, 6.07) is 13.4. The van der Waals surface area contributed by atoms with Crippen molar-refractivity contribution in [2.75, 3.05) is 17.7 Å². The van der Waals surface area contributed by atoms with Crippen molar-refractivity contribution in [3.63, 3.8) is 0 Å². The summed E-state index contributed by atoms with van der Waals surface area (Å²) in [5.41, 5.74) is 4.49. The topological polar surface area (TPSA) is 102 Å². The molecule has 0 spiro atoms. The van der Waals surface area contributed by atoms with Crippen molar-refractivity contribution in [1.82, 2.24) is 14.7 Å². The summed E-state index contributed by atoms with van der Waals surface area (Å²) in [5.74, 6) is 12.2. The second-order valence-corrected chi connectivity index (χ2v) is 5.97. The van der Waals surface area contributed by atoms with Crippen LogP contribution in [0.15, 0.2) is 54.9 Å². The van der Waals surface area contributed by atoms with Crippen LogP contribution < -0.4 is 17.0 Å². The highest BCUT2D eigenvalue weighted by atomic mass is 16.1. The number of carbonyl (C=O) groups is 1. The van der Waals surface area contributed by atoms with Gasteiger partial charge in [0.15, 0.2) is 5.78 Å². The number of hydrogen-bond acceptors (Lipinski definition) is 6. The molecule has 0 unspecified atom stereocenters. The number of hydrazine groups is 1. The molecule has 25 heavy (non-hydrogen) atoms. The molecule has 0 atom stereocenters. The Morgan fingerprint density at radius 2 is 1.72 bits per heavy atom. The lowest BCUT2D eigenvalue weighted by atomic mass is 10.0. The lowest BCUT2D eigenvalue weighted by molar-refractivity contribution is 0.0900. The first-order valence-electron chi connectivity index (χ1n) is 7.93. The SMILES string of the molecule is NN1CC(=O)c2c(Nc3ccccc3)c(-c3ccncc3)n(N)c2C1. The highest BCUT2D eigenvalue weighted by Gasteiger charge is 2.32. The molecule has 1 aliphatic heterocycles. The number of nitrogens with one attached hydrogen (secondary N) is 1. The molecule has 0 saturated carbocycles. The molecule has 7 heteroatoms. The van der Waals surface area contributed by atoms with Gasteiger partial charge in [-0.2, -0.15) is 0 Å². The van der Waals surface area contributed by atoms with E-state index in [0.717, 1.165) is 16.9 Å². The number of anilines is 2. The normalized spacial score (nSPS) is 14.4. The summed E-state index contributed by atoms with van der Waals surface area (Å²) < 4.78 is 1.55. The average Bonchev–Trinajstić information content (AvgIpc) is 2.89. The number of carbonyl (C=O) groups excluding carboxylic acids is 1. The predicted molar refractivity (Wildman–Crippen MR) is 96.5 cm³/mol. The molecule has 0 amide bonds. The van der Waals surface area contributed by atoms with Crippen molar-refractivity contribution in [3.05, 3.63) is 66.1 Å². The Morgan fingerprint density at radius 3 is 2.44 bits per heavy atom. The molecule has 3 aromatic rings. The molecule has 126 valence electrons. The van der Waals surface area contributed by atoms with Crippen LogP contribution in [-0.4, -0.2) is 27.0 Å². The highest BCUT2D eigenvalue weighted by Crippen LogP contribution is 2.38. The minimum absolute atomic E-state index is 0.0540. The van der Waals surface area contributed by atoms with E-state index in [2.05, 4.69) is 10.3 Å². The van der Waals surface area contributed by atoms with Crippen LogP contribution in [0.5, 0.6) is 0 Å². The summed E-state index contributed by atoms with van der Waals surface area (Å²) in [5, 5.41) is 4.83. The average molecular weight is 334 g/mol. The van der Waals surface area contributed by atoms with Gasteiger partial charge in [0, 0.05) is 23.6 Å². The maximum Gasteiger partial charge on any atom is 0.182 e. The van der Waals surface area contributed by atoms with E-state index in [4.69, 9.17) is 11.7 Å². The Balaban J connectivity index is 1.94. The first-order chi connectivity index (χ1) is 12.1. The zero-order valence-corrected chi connectivity index (χ0v) is 13.5. The van der Waals surface area contributed by atoms with Crippen LogP contribution >= 0.6 is 0 Å². The maximum atomic E-state index is 12.7. The Labute approximate surface area is 144 Å². The lowest BCUT2D eigenvalue weighted by Gasteiger charge is -2.22. The van der Waals surface area contributed by atoms with Gasteiger partial charge in [0.2, 0.25) is 0 Å². The van der Waals surface area contributed by atoms with E-state index < -0.39 is 0 Å². The van der Waals surface area contributed by atoms with Gasteiger partial charge in [-0.15, -0.1) is 0 Å². The first kappa shape index (κ1) is 15.4. The van der Waals surface area contributed by atoms with Crippen LogP contribution in [-0.2, 0) is 6.54 Å².